The number of carbonyl (C=O) groups excluding carboxylic acids is 3. The van der Waals surface area contributed by atoms with Gasteiger partial charge in [-0.1, -0.05) is 66.7 Å². The van der Waals surface area contributed by atoms with Gasteiger partial charge < -0.3 is 21.3 Å². The van der Waals surface area contributed by atoms with Gasteiger partial charge in [0.15, 0.2) is 0 Å². The Hall–Kier alpha value is -3.97. The Bertz CT molecular complexity index is 1310. The monoisotopic (exact) mass is 512 g/mol. The SMILES string of the molecule is CCNC(=O)c1ccccc1-c1ccc(CN2Cc3ccccc3C[C@@H](NC(=O)CC(C)(C)N)C2=O)cc1. The zero-order chi connectivity index (χ0) is 27.3. The lowest BCUT2D eigenvalue weighted by atomic mass is 9.98. The van der Waals surface area contributed by atoms with Crippen LogP contribution in [0.2, 0.25) is 0 Å². The summed E-state index contributed by atoms with van der Waals surface area (Å²) in [5.74, 6) is -0.451. The fraction of sp³-hybridized carbons (Fsp3) is 0.323. The first-order valence-electron chi connectivity index (χ1n) is 13.0. The first kappa shape index (κ1) is 27.1. The van der Waals surface area contributed by atoms with E-state index >= 15 is 0 Å². The molecule has 1 aliphatic rings. The largest absolute Gasteiger partial charge is 0.352 e. The van der Waals surface area contributed by atoms with Crippen LogP contribution in [0.15, 0.2) is 72.8 Å². The zero-order valence-electron chi connectivity index (χ0n) is 22.3. The molecular weight excluding hydrogens is 476 g/mol. The van der Waals surface area contributed by atoms with Gasteiger partial charge in [0, 0.05) is 43.6 Å². The molecule has 0 bridgehead atoms. The zero-order valence-corrected chi connectivity index (χ0v) is 22.3. The normalized spacial score (nSPS) is 15.4. The molecule has 0 saturated heterocycles. The number of rotatable bonds is 8. The van der Waals surface area contributed by atoms with E-state index in [1.807, 2.05) is 79.7 Å². The minimum absolute atomic E-state index is 0.105. The number of nitrogens with one attached hydrogen (secondary N) is 2. The van der Waals surface area contributed by atoms with Gasteiger partial charge in [-0.25, -0.2) is 0 Å². The first-order valence-corrected chi connectivity index (χ1v) is 13.0. The van der Waals surface area contributed by atoms with Crippen molar-refractivity contribution >= 4 is 17.7 Å². The van der Waals surface area contributed by atoms with E-state index in [4.69, 9.17) is 5.73 Å². The minimum atomic E-state index is -0.660. The van der Waals surface area contributed by atoms with Gasteiger partial charge in [0.05, 0.1) is 0 Å². The highest BCUT2D eigenvalue weighted by Gasteiger charge is 2.31. The maximum Gasteiger partial charge on any atom is 0.251 e. The van der Waals surface area contributed by atoms with Gasteiger partial charge in [0.2, 0.25) is 11.8 Å². The maximum atomic E-state index is 13.6. The predicted octanol–water partition coefficient (Wildman–Crippen LogP) is 3.80. The molecule has 7 nitrogen and oxygen atoms in total. The molecule has 0 aromatic heterocycles. The molecule has 0 fully saturated rings. The summed E-state index contributed by atoms with van der Waals surface area (Å²) in [5, 5.41) is 5.80. The second-order valence-corrected chi connectivity index (χ2v) is 10.6. The van der Waals surface area contributed by atoms with E-state index in [0.29, 0.717) is 31.6 Å². The predicted molar refractivity (Wildman–Crippen MR) is 149 cm³/mol. The molecule has 7 heteroatoms. The van der Waals surface area contributed by atoms with E-state index in [2.05, 4.69) is 10.6 Å². The summed E-state index contributed by atoms with van der Waals surface area (Å²) >= 11 is 0. The number of fused-ring (bicyclic) bond motifs is 1. The van der Waals surface area contributed by atoms with Crippen molar-refractivity contribution in [2.24, 2.45) is 5.73 Å². The van der Waals surface area contributed by atoms with E-state index in [9.17, 15) is 14.4 Å². The van der Waals surface area contributed by atoms with Crippen molar-refractivity contribution in [2.75, 3.05) is 6.54 Å². The van der Waals surface area contributed by atoms with Crippen molar-refractivity contribution in [3.8, 4) is 11.1 Å². The van der Waals surface area contributed by atoms with Crippen LogP contribution in [0.25, 0.3) is 11.1 Å². The van der Waals surface area contributed by atoms with Gasteiger partial charge in [-0.15, -0.1) is 0 Å². The fourth-order valence-electron chi connectivity index (χ4n) is 4.83. The van der Waals surface area contributed by atoms with Gasteiger partial charge in [-0.2, -0.15) is 0 Å². The Morgan fingerprint density at radius 3 is 2.32 bits per heavy atom. The number of nitrogens with two attached hydrogens (primary N) is 1. The molecule has 198 valence electrons. The number of benzene rings is 3. The molecule has 38 heavy (non-hydrogen) atoms. The van der Waals surface area contributed by atoms with E-state index in [0.717, 1.165) is 27.8 Å². The van der Waals surface area contributed by atoms with Crippen LogP contribution in [0.3, 0.4) is 0 Å². The standard InChI is InChI=1S/C31H36N4O3/c1-4-33-29(37)26-12-8-7-11-25(26)22-15-13-21(14-16-22)19-35-20-24-10-6-5-9-23(24)17-27(30(35)38)34-28(36)18-31(2,3)32/h5-16,27H,4,17-20,32H2,1-3H3,(H,33,37)(H,34,36)/t27-/m1/s1. The Morgan fingerprint density at radius 2 is 1.63 bits per heavy atom. The van der Waals surface area contributed by atoms with E-state index < -0.39 is 11.6 Å². The summed E-state index contributed by atoms with van der Waals surface area (Å²) in [6, 6.07) is 22.8. The lowest BCUT2D eigenvalue weighted by Gasteiger charge is -2.26. The molecule has 0 spiro atoms. The molecular formula is C31H36N4O3. The summed E-state index contributed by atoms with van der Waals surface area (Å²) in [4.78, 5) is 40.6. The Kier molecular flexibility index (Phi) is 8.27. The molecule has 0 saturated carbocycles. The van der Waals surface area contributed by atoms with Gasteiger partial charge >= 0.3 is 0 Å². The molecule has 0 unspecified atom stereocenters. The lowest BCUT2D eigenvalue weighted by Crippen LogP contribution is -2.50. The Balaban J connectivity index is 1.56. The number of hydrogen-bond acceptors (Lipinski definition) is 4. The number of amides is 3. The molecule has 0 radical (unpaired) electrons. The number of carbonyl (C=O) groups is 3. The van der Waals surface area contributed by atoms with E-state index in [1.54, 1.807) is 18.7 Å². The Labute approximate surface area is 224 Å². The summed E-state index contributed by atoms with van der Waals surface area (Å²) in [6.45, 7) is 6.91. The van der Waals surface area contributed by atoms with Crippen LogP contribution >= 0.6 is 0 Å². The smallest absolute Gasteiger partial charge is 0.251 e. The molecule has 3 aromatic carbocycles. The summed E-state index contributed by atoms with van der Waals surface area (Å²) in [6.07, 6.45) is 0.579. The highest BCUT2D eigenvalue weighted by Crippen LogP contribution is 2.26. The van der Waals surface area contributed by atoms with Crippen molar-refractivity contribution in [1.82, 2.24) is 15.5 Å². The summed E-state index contributed by atoms with van der Waals surface area (Å²) < 4.78 is 0. The highest BCUT2D eigenvalue weighted by atomic mass is 16.2. The quantitative estimate of drug-likeness (QED) is 0.427. The molecule has 4 N–H and O–H groups in total. The van der Waals surface area contributed by atoms with E-state index in [1.165, 1.54) is 0 Å². The second kappa shape index (κ2) is 11.6. The van der Waals surface area contributed by atoms with Crippen LogP contribution in [0.4, 0.5) is 0 Å². The van der Waals surface area contributed by atoms with Gasteiger partial charge in [-0.3, -0.25) is 14.4 Å². The molecule has 4 rings (SSSR count). The van der Waals surface area contributed by atoms with Crippen LogP contribution < -0.4 is 16.4 Å². The third-order valence-electron chi connectivity index (χ3n) is 6.61. The van der Waals surface area contributed by atoms with Crippen molar-refractivity contribution in [2.45, 2.75) is 58.3 Å². The van der Waals surface area contributed by atoms with Gasteiger partial charge in [-0.05, 0) is 54.7 Å². The highest BCUT2D eigenvalue weighted by molar-refractivity contribution is 6.00. The summed E-state index contributed by atoms with van der Waals surface area (Å²) in [5.41, 5.74) is 10.9. The van der Waals surface area contributed by atoms with Crippen LogP contribution in [0.5, 0.6) is 0 Å². The molecule has 1 heterocycles. The van der Waals surface area contributed by atoms with Crippen molar-refractivity contribution in [1.29, 1.82) is 0 Å². The van der Waals surface area contributed by atoms with Crippen molar-refractivity contribution in [3.63, 3.8) is 0 Å². The van der Waals surface area contributed by atoms with Crippen LogP contribution in [0, 0.1) is 0 Å². The number of nitrogens with zero attached hydrogens (tertiary/aromatic N) is 1. The van der Waals surface area contributed by atoms with Crippen LogP contribution in [-0.4, -0.2) is 40.7 Å². The third-order valence-corrected chi connectivity index (χ3v) is 6.61. The van der Waals surface area contributed by atoms with Crippen LogP contribution in [-0.2, 0) is 29.1 Å². The lowest BCUT2D eigenvalue weighted by molar-refractivity contribution is -0.137. The van der Waals surface area contributed by atoms with Gasteiger partial charge in [0.1, 0.15) is 6.04 Å². The number of hydrogen-bond donors (Lipinski definition) is 3. The Morgan fingerprint density at radius 1 is 0.974 bits per heavy atom. The van der Waals surface area contributed by atoms with Crippen LogP contribution in [0.1, 0.15) is 54.2 Å². The topological polar surface area (TPSA) is 105 Å². The van der Waals surface area contributed by atoms with Crippen molar-refractivity contribution in [3.05, 3.63) is 95.1 Å². The minimum Gasteiger partial charge on any atom is -0.352 e. The average Bonchev–Trinajstić information content (AvgIpc) is 3.00. The van der Waals surface area contributed by atoms with Gasteiger partial charge in [0.25, 0.3) is 5.91 Å². The molecule has 1 atom stereocenters. The third kappa shape index (κ3) is 6.66. The maximum absolute atomic E-state index is 13.6. The fourth-order valence-corrected chi connectivity index (χ4v) is 4.83. The molecule has 0 aliphatic carbocycles. The average molecular weight is 513 g/mol. The molecule has 3 aromatic rings. The summed E-state index contributed by atoms with van der Waals surface area (Å²) in [7, 11) is 0. The van der Waals surface area contributed by atoms with Crippen molar-refractivity contribution < 1.29 is 14.4 Å². The first-order chi connectivity index (χ1) is 18.1. The molecule has 1 aliphatic heterocycles. The molecule has 3 amide bonds. The second-order valence-electron chi connectivity index (χ2n) is 10.6. The van der Waals surface area contributed by atoms with E-state index in [-0.39, 0.29) is 24.1 Å².